The van der Waals surface area contributed by atoms with E-state index in [0.717, 1.165) is 0 Å². The van der Waals surface area contributed by atoms with Crippen molar-refractivity contribution in [3.05, 3.63) is 0 Å². The zero-order valence-corrected chi connectivity index (χ0v) is 8.96. The van der Waals surface area contributed by atoms with Gasteiger partial charge in [0.25, 0.3) is 0 Å². The molecule has 0 heterocycles. The Kier molecular flexibility index (Phi) is 6.17. The Morgan fingerprint density at radius 1 is 1.17 bits per heavy atom. The third kappa shape index (κ3) is 5.42. The van der Waals surface area contributed by atoms with Gasteiger partial charge in [0.05, 0.1) is 32.0 Å². The van der Waals surface area contributed by atoms with Crippen LogP contribution in [0.15, 0.2) is 0 Å². The summed E-state index contributed by atoms with van der Waals surface area (Å²) in [5, 5.41) is 0. The van der Waals surface area contributed by atoms with Crippen LogP contribution in [0.1, 0.15) is 0 Å². The first-order valence-corrected chi connectivity index (χ1v) is 4.02. The first-order valence-electron chi connectivity index (χ1n) is 3.07. The van der Waals surface area contributed by atoms with Crippen LogP contribution in [-0.4, -0.2) is 37.0 Å². The second kappa shape index (κ2) is 6.30. The maximum atomic E-state index is 10.6. The van der Waals surface area contributed by atoms with E-state index in [1.165, 1.54) is 4.90 Å². The average molecular weight is 211 g/mol. The predicted octanol–water partition coefficient (Wildman–Crippen LogP) is -0.415. The van der Waals surface area contributed by atoms with Crippen LogP contribution in [0.4, 0.5) is 0 Å². The van der Waals surface area contributed by atoms with Crippen molar-refractivity contribution in [1.29, 1.82) is 0 Å². The molecule has 2 unspecified atom stereocenters. The number of hydrogen-bond acceptors (Lipinski definition) is 5. The molecule has 70 valence electrons. The summed E-state index contributed by atoms with van der Waals surface area (Å²) in [6.07, 6.45) is 0. The van der Waals surface area contributed by atoms with E-state index in [1.807, 2.05) is 18.9 Å². The first kappa shape index (κ1) is 11.8. The second-order valence-electron chi connectivity index (χ2n) is 2.15. The summed E-state index contributed by atoms with van der Waals surface area (Å²) in [5.41, 5.74) is 0. The van der Waals surface area contributed by atoms with Crippen LogP contribution in [0.5, 0.6) is 0 Å². The lowest BCUT2D eigenvalue weighted by Crippen LogP contribution is -2.31. The number of carbonyl (C=O) groups is 2. The van der Waals surface area contributed by atoms with Gasteiger partial charge in [-0.2, -0.15) is 0 Å². The number of hydrogen-bond donors (Lipinski definition) is 0. The Balaban J connectivity index is 3.66. The second-order valence-corrected chi connectivity index (χ2v) is 2.62. The molecule has 0 aromatic rings. The Bertz CT molecular complexity index is 157. The highest BCUT2D eigenvalue weighted by atomic mass is 31.0. The summed E-state index contributed by atoms with van der Waals surface area (Å²) in [7, 11) is 5.30. The van der Waals surface area contributed by atoms with Gasteiger partial charge in [-0.15, -0.1) is 0 Å². The Morgan fingerprint density at radius 3 is 1.75 bits per heavy atom. The van der Waals surface area contributed by atoms with Crippen LogP contribution < -0.4 is 0 Å². The topological polar surface area (TPSA) is 55.8 Å². The van der Waals surface area contributed by atoms with Crippen molar-refractivity contribution in [3.63, 3.8) is 0 Å². The highest BCUT2D eigenvalue weighted by Gasteiger charge is 2.10. The molecular weight excluding hydrogens is 200 g/mol. The van der Waals surface area contributed by atoms with Crippen molar-refractivity contribution < 1.29 is 18.6 Å². The van der Waals surface area contributed by atoms with Crippen LogP contribution in [0.3, 0.4) is 0 Å². The minimum atomic E-state index is -0.418. The largest absolute Gasteiger partial charge is 0.451 e. The fourth-order valence-corrected chi connectivity index (χ4v) is 0.720. The van der Waals surface area contributed by atoms with E-state index in [0.29, 0.717) is 0 Å². The molecule has 0 aromatic heterocycles. The number of carbonyl (C=O) groups excluding carboxylic acids is 2. The van der Waals surface area contributed by atoms with E-state index in [2.05, 4.69) is 9.05 Å². The monoisotopic (exact) mass is 211 g/mol. The Labute approximate surface area is 75.3 Å². The van der Waals surface area contributed by atoms with Gasteiger partial charge in [0.2, 0.25) is 0 Å². The summed E-state index contributed by atoms with van der Waals surface area (Å²) in [5.74, 6) is -0.835. The number of likely N-dealkylation sites (N-methyl/N-ethyl adjacent to an activating group) is 1. The van der Waals surface area contributed by atoms with Crippen molar-refractivity contribution >= 4 is 30.9 Å². The molecule has 0 radical (unpaired) electrons. The highest BCUT2D eigenvalue weighted by Crippen LogP contribution is 1.93. The molecule has 0 saturated heterocycles. The van der Waals surface area contributed by atoms with E-state index in [1.54, 1.807) is 7.05 Å². The molecule has 0 aliphatic rings. The molecular formula is C5H11NO4P2. The molecule has 7 heteroatoms. The third-order valence-electron chi connectivity index (χ3n) is 1.06. The zero-order valence-electron chi connectivity index (χ0n) is 6.65. The van der Waals surface area contributed by atoms with Crippen molar-refractivity contribution in [1.82, 2.24) is 4.90 Å². The molecule has 0 aromatic carbocycles. The van der Waals surface area contributed by atoms with Gasteiger partial charge < -0.3 is 9.05 Å². The van der Waals surface area contributed by atoms with E-state index >= 15 is 0 Å². The van der Waals surface area contributed by atoms with Crippen molar-refractivity contribution in [3.8, 4) is 0 Å². The summed E-state index contributed by atoms with van der Waals surface area (Å²) >= 11 is 0. The van der Waals surface area contributed by atoms with Crippen molar-refractivity contribution in [2.45, 2.75) is 0 Å². The molecule has 0 spiro atoms. The van der Waals surface area contributed by atoms with E-state index in [9.17, 15) is 9.59 Å². The minimum absolute atomic E-state index is 0.0588. The average Bonchev–Trinajstić information content (AvgIpc) is 2.03. The standard InChI is InChI=1S/C5H11NO4P2/c1-6(2-4(7)9-11)3-5(8)10-12/h2-3,11-12H2,1H3. The number of rotatable bonds is 4. The van der Waals surface area contributed by atoms with Gasteiger partial charge in [0.15, 0.2) is 0 Å². The fourth-order valence-electron chi connectivity index (χ4n) is 0.571. The molecule has 0 fully saturated rings. The molecule has 12 heavy (non-hydrogen) atoms. The molecule has 0 rings (SSSR count). The lowest BCUT2D eigenvalue weighted by molar-refractivity contribution is -0.137. The van der Waals surface area contributed by atoms with Gasteiger partial charge >= 0.3 is 11.9 Å². The summed E-state index contributed by atoms with van der Waals surface area (Å²) < 4.78 is 8.63. The van der Waals surface area contributed by atoms with Crippen LogP contribution in [-0.2, 0) is 18.6 Å². The Morgan fingerprint density at radius 2 is 1.50 bits per heavy atom. The molecule has 0 saturated carbocycles. The molecule has 0 bridgehead atoms. The summed E-state index contributed by atoms with van der Waals surface area (Å²) in [6, 6.07) is 0. The molecule has 0 aliphatic heterocycles. The van der Waals surface area contributed by atoms with Gasteiger partial charge in [0.1, 0.15) is 0 Å². The van der Waals surface area contributed by atoms with E-state index in [-0.39, 0.29) is 13.1 Å². The lowest BCUT2D eigenvalue weighted by Gasteiger charge is -2.12. The van der Waals surface area contributed by atoms with Gasteiger partial charge in [-0.25, -0.2) is 0 Å². The van der Waals surface area contributed by atoms with Crippen molar-refractivity contribution in [2.24, 2.45) is 0 Å². The fraction of sp³-hybridized carbons (Fsp3) is 0.600. The predicted molar refractivity (Wildman–Crippen MR) is 49.1 cm³/mol. The maximum Gasteiger partial charge on any atom is 0.322 e. The van der Waals surface area contributed by atoms with Gasteiger partial charge in [-0.3, -0.25) is 14.5 Å². The van der Waals surface area contributed by atoms with Crippen LogP contribution >= 0.6 is 18.9 Å². The van der Waals surface area contributed by atoms with E-state index < -0.39 is 11.9 Å². The van der Waals surface area contributed by atoms with Gasteiger partial charge in [-0.05, 0) is 7.05 Å². The molecule has 2 atom stereocenters. The van der Waals surface area contributed by atoms with Crippen LogP contribution in [0.25, 0.3) is 0 Å². The first-order chi connectivity index (χ1) is 5.60. The molecule has 0 aliphatic carbocycles. The van der Waals surface area contributed by atoms with Gasteiger partial charge in [-0.1, -0.05) is 0 Å². The molecule has 5 nitrogen and oxygen atoms in total. The minimum Gasteiger partial charge on any atom is -0.451 e. The van der Waals surface area contributed by atoms with Crippen LogP contribution in [0.2, 0.25) is 0 Å². The van der Waals surface area contributed by atoms with Gasteiger partial charge in [0, 0.05) is 0 Å². The summed E-state index contributed by atoms with van der Waals surface area (Å²) in [6.45, 7) is 0.118. The quantitative estimate of drug-likeness (QED) is 0.591. The van der Waals surface area contributed by atoms with Crippen LogP contribution in [0, 0.1) is 0 Å². The lowest BCUT2D eigenvalue weighted by atomic mass is 10.5. The SMILES string of the molecule is CN(CC(=O)OP)CC(=O)OP. The molecule has 0 N–H and O–H groups in total. The van der Waals surface area contributed by atoms with E-state index in [4.69, 9.17) is 0 Å². The zero-order chi connectivity index (χ0) is 9.56. The summed E-state index contributed by atoms with van der Waals surface area (Å²) in [4.78, 5) is 22.8. The Hall–Kier alpha value is -0.240. The van der Waals surface area contributed by atoms with Crippen molar-refractivity contribution in [2.75, 3.05) is 20.1 Å². The third-order valence-corrected chi connectivity index (χ3v) is 1.59. The number of nitrogens with zero attached hydrogens (tertiary/aromatic N) is 1. The molecule has 0 amide bonds. The maximum absolute atomic E-state index is 10.6. The smallest absolute Gasteiger partial charge is 0.322 e. The normalized spacial score (nSPS) is 9.67. The highest BCUT2D eigenvalue weighted by molar-refractivity contribution is 7.11.